The predicted molar refractivity (Wildman–Crippen MR) is 126 cm³/mol. The first-order valence-corrected chi connectivity index (χ1v) is 12.0. The summed E-state index contributed by atoms with van der Waals surface area (Å²) in [6.07, 6.45) is 3.02. The van der Waals surface area contributed by atoms with Crippen molar-refractivity contribution in [1.29, 1.82) is 5.26 Å². The van der Waals surface area contributed by atoms with Crippen molar-refractivity contribution in [2.45, 2.75) is 71.1 Å². The molecular formula is C25H37N5O3. The molecule has 2 aliphatic heterocycles. The highest BCUT2D eigenvalue weighted by Crippen LogP contribution is 2.46. The Morgan fingerprint density at radius 3 is 2.67 bits per heavy atom. The summed E-state index contributed by atoms with van der Waals surface area (Å²) in [7, 11) is 3.33. The van der Waals surface area contributed by atoms with E-state index in [9.17, 15) is 10.1 Å². The molecule has 0 spiro atoms. The minimum Gasteiger partial charge on any atom is -0.370 e. The van der Waals surface area contributed by atoms with Crippen LogP contribution in [-0.4, -0.2) is 72.8 Å². The number of fused-ring (bicyclic) bond motifs is 1. The van der Waals surface area contributed by atoms with Crippen LogP contribution in [0.1, 0.15) is 68.8 Å². The highest BCUT2D eigenvalue weighted by Gasteiger charge is 2.39. The molecule has 1 saturated carbocycles. The summed E-state index contributed by atoms with van der Waals surface area (Å²) in [6, 6.07) is 2.54. The fraction of sp³-hybridized carbons (Fsp3) is 0.720. The molecule has 0 bridgehead atoms. The fourth-order valence-corrected chi connectivity index (χ4v) is 5.05. The summed E-state index contributed by atoms with van der Waals surface area (Å²) in [5.74, 6) is 1.61. The monoisotopic (exact) mass is 455 g/mol. The molecule has 1 aliphatic carbocycles. The van der Waals surface area contributed by atoms with Gasteiger partial charge < -0.3 is 19.4 Å². The smallest absolute Gasteiger partial charge is 0.239 e. The van der Waals surface area contributed by atoms with Crippen molar-refractivity contribution >= 4 is 11.7 Å². The van der Waals surface area contributed by atoms with Crippen molar-refractivity contribution in [2.24, 2.45) is 5.92 Å². The zero-order valence-corrected chi connectivity index (χ0v) is 20.8. The molecular weight excluding hydrogens is 418 g/mol. The van der Waals surface area contributed by atoms with Crippen molar-refractivity contribution in [3.63, 3.8) is 0 Å². The molecule has 1 atom stereocenters. The van der Waals surface area contributed by atoms with Crippen LogP contribution < -0.4 is 4.90 Å². The Morgan fingerprint density at radius 2 is 2.06 bits per heavy atom. The van der Waals surface area contributed by atoms with Gasteiger partial charge in [-0.2, -0.15) is 10.3 Å². The number of likely N-dealkylation sites (N-methyl/N-ethyl adjacent to an activating group) is 1. The maximum atomic E-state index is 13.0. The summed E-state index contributed by atoms with van der Waals surface area (Å²) in [4.78, 5) is 27.4. The van der Waals surface area contributed by atoms with Crippen molar-refractivity contribution in [1.82, 2.24) is 14.9 Å². The molecule has 8 nitrogen and oxygen atoms in total. The van der Waals surface area contributed by atoms with Crippen LogP contribution in [0.15, 0.2) is 0 Å². The summed E-state index contributed by atoms with van der Waals surface area (Å²) in [6.45, 7) is 11.2. The van der Waals surface area contributed by atoms with Gasteiger partial charge in [0, 0.05) is 44.6 Å². The predicted octanol–water partition coefficient (Wildman–Crippen LogP) is 2.85. The fourth-order valence-electron chi connectivity index (χ4n) is 5.05. The van der Waals surface area contributed by atoms with Crippen molar-refractivity contribution in [2.75, 3.05) is 45.2 Å². The number of rotatable bonds is 6. The number of ether oxygens (including phenoxy) is 1. The third kappa shape index (κ3) is 4.86. The second kappa shape index (κ2) is 9.21. The molecule has 2 fully saturated rings. The van der Waals surface area contributed by atoms with Crippen LogP contribution in [0.2, 0.25) is 0 Å². The van der Waals surface area contributed by atoms with Crippen LogP contribution in [0.4, 0.5) is 5.82 Å². The lowest BCUT2D eigenvalue weighted by molar-refractivity contribution is -0.154. The van der Waals surface area contributed by atoms with Gasteiger partial charge in [0.1, 0.15) is 18.4 Å². The largest absolute Gasteiger partial charge is 0.370 e. The van der Waals surface area contributed by atoms with Gasteiger partial charge in [0.15, 0.2) is 0 Å². The number of nitrogens with zero attached hydrogens (tertiary/aromatic N) is 5. The summed E-state index contributed by atoms with van der Waals surface area (Å²) in [5.41, 5.74) is 3.76. The van der Waals surface area contributed by atoms with E-state index in [4.69, 9.17) is 14.6 Å². The third-order valence-electron chi connectivity index (χ3n) is 7.19. The molecule has 0 radical (unpaired) electrons. The first-order chi connectivity index (χ1) is 15.6. The standard InChI is InChI=1S/C25H37N5O3/c1-16(2)21-13-29(9-10-30(21)22(31)14-28(5)32-6)24-19(12-26)18-11-25(3,4)33-15-20(18)23(27-24)17-7-8-17/h16-17,21H,7-11,13-15H2,1-6H3. The molecule has 1 unspecified atom stereocenters. The summed E-state index contributed by atoms with van der Waals surface area (Å²) < 4.78 is 6.10. The third-order valence-corrected chi connectivity index (χ3v) is 7.19. The number of hydrogen-bond donors (Lipinski definition) is 0. The van der Waals surface area contributed by atoms with E-state index in [1.54, 1.807) is 19.2 Å². The van der Waals surface area contributed by atoms with Gasteiger partial charge in [-0.15, -0.1) is 0 Å². The zero-order valence-electron chi connectivity index (χ0n) is 20.8. The number of pyridine rings is 1. The topological polar surface area (TPSA) is 81.9 Å². The van der Waals surface area contributed by atoms with E-state index in [1.807, 2.05) is 4.90 Å². The average molecular weight is 456 g/mol. The normalized spacial score (nSPS) is 22.5. The zero-order chi connectivity index (χ0) is 23.9. The SMILES string of the molecule is CON(C)CC(=O)N1CCN(c2nc(C3CC3)c3c(c2C#N)CC(C)(C)OC3)CC1C(C)C. The maximum absolute atomic E-state index is 13.0. The molecule has 0 aromatic carbocycles. The maximum Gasteiger partial charge on any atom is 0.239 e. The average Bonchev–Trinajstić information content (AvgIpc) is 3.62. The number of anilines is 1. The summed E-state index contributed by atoms with van der Waals surface area (Å²) >= 11 is 0. The van der Waals surface area contributed by atoms with Crippen molar-refractivity contribution in [3.8, 4) is 6.07 Å². The van der Waals surface area contributed by atoms with E-state index < -0.39 is 0 Å². The Hall–Kier alpha value is -2.21. The van der Waals surface area contributed by atoms with Gasteiger partial charge in [-0.25, -0.2) is 4.98 Å². The Bertz CT molecular complexity index is 950. The minimum absolute atomic E-state index is 0.0463. The molecule has 1 amide bonds. The van der Waals surface area contributed by atoms with Crippen LogP contribution in [0.3, 0.4) is 0 Å². The van der Waals surface area contributed by atoms with Crippen LogP contribution in [0, 0.1) is 17.2 Å². The number of amides is 1. The Labute approximate surface area is 197 Å². The lowest BCUT2D eigenvalue weighted by atomic mass is 9.87. The van der Waals surface area contributed by atoms with E-state index in [1.165, 1.54) is 0 Å². The van der Waals surface area contributed by atoms with Gasteiger partial charge >= 0.3 is 0 Å². The minimum atomic E-state index is -0.295. The highest BCUT2D eigenvalue weighted by molar-refractivity contribution is 5.79. The molecule has 8 heteroatoms. The molecule has 4 rings (SSSR count). The molecule has 3 aliphatic rings. The van der Waals surface area contributed by atoms with E-state index >= 15 is 0 Å². The first-order valence-electron chi connectivity index (χ1n) is 12.0. The van der Waals surface area contributed by atoms with Crippen molar-refractivity contribution in [3.05, 3.63) is 22.4 Å². The number of carbonyl (C=O) groups excluding carboxylic acids is 1. The van der Waals surface area contributed by atoms with Crippen LogP contribution >= 0.6 is 0 Å². The molecule has 3 heterocycles. The lowest BCUT2D eigenvalue weighted by Crippen LogP contribution is -2.59. The number of hydrogen-bond acceptors (Lipinski definition) is 7. The van der Waals surface area contributed by atoms with Gasteiger partial charge in [0.25, 0.3) is 0 Å². The Balaban J connectivity index is 1.67. The van der Waals surface area contributed by atoms with Gasteiger partial charge in [-0.1, -0.05) is 13.8 Å². The van der Waals surface area contributed by atoms with E-state index in [0.29, 0.717) is 37.7 Å². The molecule has 0 N–H and O–H groups in total. The van der Waals surface area contributed by atoms with Crippen LogP contribution in [-0.2, 0) is 27.4 Å². The van der Waals surface area contributed by atoms with Gasteiger partial charge in [0.2, 0.25) is 5.91 Å². The number of nitriles is 1. The molecule has 180 valence electrons. The van der Waals surface area contributed by atoms with Crippen LogP contribution in [0.25, 0.3) is 0 Å². The molecule has 1 saturated heterocycles. The van der Waals surface area contributed by atoms with E-state index in [2.05, 4.69) is 38.7 Å². The van der Waals surface area contributed by atoms with Gasteiger partial charge in [-0.05, 0) is 38.2 Å². The lowest BCUT2D eigenvalue weighted by Gasteiger charge is -2.45. The van der Waals surface area contributed by atoms with Crippen LogP contribution in [0.5, 0.6) is 0 Å². The molecule has 1 aromatic heterocycles. The second-order valence-corrected chi connectivity index (χ2v) is 10.6. The first kappa shape index (κ1) is 23.9. The van der Waals surface area contributed by atoms with E-state index in [0.717, 1.165) is 41.9 Å². The Kier molecular flexibility index (Phi) is 6.68. The molecule has 1 aromatic rings. The van der Waals surface area contributed by atoms with Crippen molar-refractivity contribution < 1.29 is 14.4 Å². The number of piperazine rings is 1. The molecule has 33 heavy (non-hydrogen) atoms. The number of carbonyl (C=O) groups is 1. The van der Waals surface area contributed by atoms with Gasteiger partial charge in [0.05, 0.1) is 36.6 Å². The Morgan fingerprint density at radius 1 is 1.33 bits per heavy atom. The summed E-state index contributed by atoms with van der Waals surface area (Å²) in [5, 5.41) is 11.8. The number of aromatic nitrogens is 1. The quantitative estimate of drug-likeness (QED) is 0.610. The number of hydroxylamine groups is 2. The second-order valence-electron chi connectivity index (χ2n) is 10.6. The highest BCUT2D eigenvalue weighted by atomic mass is 16.7. The van der Waals surface area contributed by atoms with E-state index in [-0.39, 0.29) is 30.0 Å². The van der Waals surface area contributed by atoms with Gasteiger partial charge in [-0.3, -0.25) is 4.79 Å².